The van der Waals surface area contributed by atoms with Crippen molar-refractivity contribution in [3.63, 3.8) is 0 Å². The molecule has 0 bridgehead atoms. The van der Waals surface area contributed by atoms with Crippen molar-refractivity contribution < 1.29 is 4.74 Å². The van der Waals surface area contributed by atoms with Gasteiger partial charge in [-0.2, -0.15) is 0 Å². The van der Waals surface area contributed by atoms with E-state index >= 15 is 0 Å². The van der Waals surface area contributed by atoms with Gasteiger partial charge < -0.3 is 4.74 Å². The van der Waals surface area contributed by atoms with Crippen LogP contribution in [0.5, 0.6) is 5.75 Å². The van der Waals surface area contributed by atoms with Crippen molar-refractivity contribution in [1.82, 2.24) is 0 Å². The molecule has 0 spiro atoms. The summed E-state index contributed by atoms with van der Waals surface area (Å²) in [6.07, 6.45) is 22.0. The predicted molar refractivity (Wildman–Crippen MR) is 122 cm³/mol. The van der Waals surface area contributed by atoms with Gasteiger partial charge in [0.25, 0.3) is 0 Å². The number of unbranched alkanes of at least 4 members (excludes halogenated alkanes) is 3. The first-order valence-electron chi connectivity index (χ1n) is 11.4. The van der Waals surface area contributed by atoms with Gasteiger partial charge in [-0.25, -0.2) is 0 Å². The molecule has 0 aromatic heterocycles. The second kappa shape index (κ2) is 14.1. The minimum Gasteiger partial charge on any atom is -0.494 e. The van der Waals surface area contributed by atoms with Crippen molar-refractivity contribution >= 4 is 6.08 Å². The Hall–Kier alpha value is -1.94. The lowest BCUT2D eigenvalue weighted by Crippen LogP contribution is -2.12. The molecule has 152 valence electrons. The molecule has 1 fully saturated rings. The van der Waals surface area contributed by atoms with Gasteiger partial charge in [0.2, 0.25) is 0 Å². The van der Waals surface area contributed by atoms with Gasteiger partial charge in [-0.3, -0.25) is 0 Å². The highest BCUT2D eigenvalue weighted by atomic mass is 16.5. The number of hydrogen-bond acceptors (Lipinski definition) is 1. The average molecular weight is 379 g/mol. The van der Waals surface area contributed by atoms with E-state index in [0.717, 1.165) is 36.2 Å². The monoisotopic (exact) mass is 378 g/mol. The van der Waals surface area contributed by atoms with Crippen molar-refractivity contribution in [2.45, 2.75) is 78.1 Å². The molecule has 0 aliphatic heterocycles. The Balaban J connectivity index is 1.64. The summed E-state index contributed by atoms with van der Waals surface area (Å²) in [6, 6.07) is 8.17. The van der Waals surface area contributed by atoms with Crippen LogP contribution in [0.25, 0.3) is 6.08 Å². The molecule has 1 aliphatic rings. The van der Waals surface area contributed by atoms with E-state index in [-0.39, 0.29) is 0 Å². The summed E-state index contributed by atoms with van der Waals surface area (Å²) in [5, 5.41) is 0. The van der Waals surface area contributed by atoms with Crippen LogP contribution < -0.4 is 4.74 Å². The molecule has 1 aromatic rings. The number of rotatable bonds is 10. The number of benzene rings is 1. The Morgan fingerprint density at radius 1 is 0.893 bits per heavy atom. The van der Waals surface area contributed by atoms with Crippen LogP contribution in [0.2, 0.25) is 0 Å². The minimum absolute atomic E-state index is 0.737. The third-order valence-corrected chi connectivity index (χ3v) is 5.60. The summed E-state index contributed by atoms with van der Waals surface area (Å²) in [7, 11) is 0. The molecule has 28 heavy (non-hydrogen) atoms. The molecule has 0 amide bonds. The number of allylic oxidation sites excluding steroid dienone is 3. The summed E-state index contributed by atoms with van der Waals surface area (Å²) < 4.78 is 5.60. The molecule has 0 saturated heterocycles. The molecule has 0 atom stereocenters. The van der Waals surface area contributed by atoms with Crippen LogP contribution in [0.3, 0.4) is 0 Å². The van der Waals surface area contributed by atoms with Crippen molar-refractivity contribution in [2.24, 2.45) is 11.8 Å². The molecule has 1 nitrogen and oxygen atoms in total. The van der Waals surface area contributed by atoms with E-state index in [1.54, 1.807) is 0 Å². The third-order valence-electron chi connectivity index (χ3n) is 5.60. The second-order valence-electron chi connectivity index (χ2n) is 8.03. The van der Waals surface area contributed by atoms with E-state index in [1.807, 2.05) is 24.3 Å². The van der Waals surface area contributed by atoms with E-state index in [0.29, 0.717) is 0 Å². The molecule has 1 aliphatic carbocycles. The largest absolute Gasteiger partial charge is 0.494 e. The first-order valence-corrected chi connectivity index (χ1v) is 11.4. The van der Waals surface area contributed by atoms with E-state index in [9.17, 15) is 0 Å². The lowest BCUT2D eigenvalue weighted by Gasteiger charge is -2.26. The molecule has 0 unspecified atom stereocenters. The lowest BCUT2D eigenvalue weighted by molar-refractivity contribution is 0.289. The maximum absolute atomic E-state index is 5.60. The second-order valence-corrected chi connectivity index (χ2v) is 8.03. The van der Waals surface area contributed by atoms with Gasteiger partial charge in [0.15, 0.2) is 0 Å². The van der Waals surface area contributed by atoms with Gasteiger partial charge in [0.1, 0.15) is 5.75 Å². The van der Waals surface area contributed by atoms with Gasteiger partial charge >= 0.3 is 0 Å². The SMILES string of the molecule is CCCCCC[C@H]1CC[C@H](/C=C/C#C/C=C/c2ccc(OCCC)cc2)CC1. The van der Waals surface area contributed by atoms with Crippen LogP contribution in [0.15, 0.2) is 42.5 Å². The first kappa shape index (κ1) is 22.4. The van der Waals surface area contributed by atoms with Gasteiger partial charge in [0, 0.05) is 0 Å². The van der Waals surface area contributed by atoms with Gasteiger partial charge in [-0.05, 0) is 79.9 Å². The predicted octanol–water partition coefficient (Wildman–Crippen LogP) is 7.83. The highest BCUT2D eigenvalue weighted by Gasteiger charge is 2.18. The minimum atomic E-state index is 0.737. The molecule has 1 aromatic carbocycles. The van der Waals surface area contributed by atoms with Gasteiger partial charge in [0.05, 0.1) is 6.61 Å². The Kier molecular flexibility index (Phi) is 11.3. The van der Waals surface area contributed by atoms with Crippen LogP contribution in [0.1, 0.15) is 83.6 Å². The Labute approximate surface area is 173 Å². The summed E-state index contributed by atoms with van der Waals surface area (Å²) in [4.78, 5) is 0. The first-order chi connectivity index (χ1) is 13.8. The maximum Gasteiger partial charge on any atom is 0.119 e. The standard InChI is InChI=1S/C27H38O/c1-3-5-6-9-12-24-15-17-25(18-16-24)13-10-7-8-11-14-26-19-21-27(22-20-26)28-23-4-2/h10-11,13-14,19-22,24-25H,3-6,9,12,15-18,23H2,1-2H3/b13-10+,14-11+/t24-,25-. The average Bonchev–Trinajstić information content (AvgIpc) is 2.74. The molecule has 1 saturated carbocycles. The van der Waals surface area contributed by atoms with Crippen LogP contribution in [0.4, 0.5) is 0 Å². The highest BCUT2D eigenvalue weighted by molar-refractivity contribution is 5.54. The smallest absolute Gasteiger partial charge is 0.119 e. The zero-order valence-corrected chi connectivity index (χ0v) is 18.0. The number of hydrogen-bond donors (Lipinski definition) is 0. The van der Waals surface area contributed by atoms with E-state index in [2.05, 4.69) is 50.0 Å². The van der Waals surface area contributed by atoms with Gasteiger partial charge in [-0.1, -0.05) is 76.0 Å². The van der Waals surface area contributed by atoms with Crippen LogP contribution >= 0.6 is 0 Å². The van der Waals surface area contributed by atoms with Crippen LogP contribution in [-0.2, 0) is 0 Å². The quantitative estimate of drug-likeness (QED) is 0.298. The molecular formula is C27H38O. The fourth-order valence-corrected chi connectivity index (χ4v) is 3.84. The fourth-order valence-electron chi connectivity index (χ4n) is 3.84. The summed E-state index contributed by atoms with van der Waals surface area (Å²) in [5.41, 5.74) is 1.15. The van der Waals surface area contributed by atoms with E-state index in [1.165, 1.54) is 57.8 Å². The highest BCUT2D eigenvalue weighted by Crippen LogP contribution is 2.32. The van der Waals surface area contributed by atoms with Crippen LogP contribution in [0, 0.1) is 23.7 Å². The van der Waals surface area contributed by atoms with Crippen molar-refractivity contribution in [2.75, 3.05) is 6.61 Å². The molecule has 0 radical (unpaired) electrons. The Bertz CT molecular complexity index is 633. The van der Waals surface area contributed by atoms with Crippen molar-refractivity contribution in [1.29, 1.82) is 0 Å². The van der Waals surface area contributed by atoms with E-state index in [4.69, 9.17) is 4.74 Å². The molecule has 1 heteroatoms. The topological polar surface area (TPSA) is 9.23 Å². The summed E-state index contributed by atoms with van der Waals surface area (Å²) in [6.45, 7) is 5.18. The lowest BCUT2D eigenvalue weighted by atomic mass is 9.79. The Morgan fingerprint density at radius 3 is 2.36 bits per heavy atom. The molecule has 0 heterocycles. The molecule has 0 N–H and O–H groups in total. The van der Waals surface area contributed by atoms with E-state index < -0.39 is 0 Å². The van der Waals surface area contributed by atoms with Gasteiger partial charge in [-0.15, -0.1) is 0 Å². The third kappa shape index (κ3) is 9.32. The molecular weight excluding hydrogens is 340 g/mol. The van der Waals surface area contributed by atoms with Crippen molar-refractivity contribution in [3.05, 3.63) is 48.1 Å². The zero-order chi connectivity index (χ0) is 19.9. The van der Waals surface area contributed by atoms with Crippen molar-refractivity contribution in [3.8, 4) is 17.6 Å². The number of ether oxygens (including phenoxy) is 1. The summed E-state index contributed by atoms with van der Waals surface area (Å²) >= 11 is 0. The summed E-state index contributed by atoms with van der Waals surface area (Å²) in [5.74, 6) is 8.93. The Morgan fingerprint density at radius 2 is 1.64 bits per heavy atom. The zero-order valence-electron chi connectivity index (χ0n) is 18.0. The maximum atomic E-state index is 5.60. The molecule has 2 rings (SSSR count). The normalized spacial score (nSPS) is 19.6. The van der Waals surface area contributed by atoms with Crippen LogP contribution in [-0.4, -0.2) is 6.61 Å². The fraction of sp³-hybridized carbons (Fsp3) is 0.556.